The van der Waals surface area contributed by atoms with Crippen molar-refractivity contribution < 1.29 is 13.5 Å². The van der Waals surface area contributed by atoms with Crippen LogP contribution < -0.4 is 4.74 Å². The van der Waals surface area contributed by atoms with Crippen LogP contribution in [0.15, 0.2) is 40.9 Å². The molecule has 0 aliphatic rings. The van der Waals surface area contributed by atoms with Gasteiger partial charge in [0.25, 0.3) is 0 Å². The van der Waals surface area contributed by atoms with Gasteiger partial charge in [-0.1, -0.05) is 0 Å². The minimum atomic E-state index is -0.535. The highest BCUT2D eigenvalue weighted by Crippen LogP contribution is 2.28. The van der Waals surface area contributed by atoms with Crippen molar-refractivity contribution in [1.29, 1.82) is 0 Å². The normalized spacial score (nSPS) is 10.2. The van der Waals surface area contributed by atoms with Crippen LogP contribution in [0.25, 0.3) is 0 Å². The van der Waals surface area contributed by atoms with E-state index in [1.165, 1.54) is 36.4 Å². The maximum Gasteiger partial charge on any atom is 0.180 e. The molecular weight excluding hydrogens is 278 g/mol. The van der Waals surface area contributed by atoms with E-state index in [2.05, 4.69) is 22.0 Å². The van der Waals surface area contributed by atoms with Crippen molar-refractivity contribution in [3.8, 4) is 11.5 Å². The van der Waals surface area contributed by atoms with E-state index in [4.69, 9.17) is 4.74 Å². The van der Waals surface area contributed by atoms with Crippen molar-refractivity contribution in [2.24, 2.45) is 0 Å². The number of ether oxygens (including phenoxy) is 1. The fourth-order valence-corrected chi connectivity index (χ4v) is 1.47. The largest absolute Gasteiger partial charge is 0.454 e. The molecule has 0 saturated carbocycles. The highest BCUT2D eigenvalue weighted by Gasteiger charge is 2.08. The van der Waals surface area contributed by atoms with Crippen LogP contribution in [0.5, 0.6) is 11.5 Å². The monoisotopic (exact) mass is 283 g/mol. The topological polar surface area (TPSA) is 9.23 Å². The van der Waals surface area contributed by atoms with Crippen LogP contribution in [0.2, 0.25) is 0 Å². The molecule has 0 bridgehead atoms. The predicted octanol–water partition coefficient (Wildman–Crippen LogP) is 4.32. The van der Waals surface area contributed by atoms with Crippen molar-refractivity contribution in [1.82, 2.24) is 0 Å². The lowest BCUT2D eigenvalue weighted by Crippen LogP contribution is -1.89. The van der Waals surface area contributed by atoms with Crippen LogP contribution in [0.4, 0.5) is 8.78 Å². The molecule has 0 atom stereocenters. The highest BCUT2D eigenvalue weighted by atomic mass is 79.9. The first-order chi connectivity index (χ1) is 7.66. The summed E-state index contributed by atoms with van der Waals surface area (Å²) in [6.07, 6.45) is 0. The van der Waals surface area contributed by atoms with E-state index in [1.54, 1.807) is 0 Å². The van der Waals surface area contributed by atoms with E-state index < -0.39 is 5.82 Å². The summed E-state index contributed by atoms with van der Waals surface area (Å²) < 4.78 is 31.6. The molecule has 0 aliphatic carbocycles. The highest BCUT2D eigenvalue weighted by molar-refractivity contribution is 9.10. The molecule has 4 heteroatoms. The minimum Gasteiger partial charge on any atom is -0.454 e. The van der Waals surface area contributed by atoms with Crippen molar-refractivity contribution >= 4 is 15.9 Å². The maximum absolute atomic E-state index is 13.5. The second kappa shape index (κ2) is 4.61. The van der Waals surface area contributed by atoms with E-state index in [0.717, 1.165) is 0 Å². The van der Waals surface area contributed by atoms with Crippen LogP contribution in [0, 0.1) is 17.7 Å². The van der Waals surface area contributed by atoms with Crippen molar-refractivity contribution in [2.75, 3.05) is 0 Å². The number of halogens is 3. The Morgan fingerprint density at radius 1 is 1.06 bits per heavy atom. The molecule has 2 aromatic rings. The molecule has 1 radical (unpaired) electrons. The van der Waals surface area contributed by atoms with Crippen molar-refractivity contribution in [3.63, 3.8) is 0 Å². The third kappa shape index (κ3) is 2.39. The van der Waals surface area contributed by atoms with Gasteiger partial charge in [-0.25, -0.2) is 8.78 Å². The predicted molar refractivity (Wildman–Crippen MR) is 59.4 cm³/mol. The fourth-order valence-electron chi connectivity index (χ4n) is 1.14. The Morgan fingerprint density at radius 2 is 1.75 bits per heavy atom. The Balaban J connectivity index is 2.27. The van der Waals surface area contributed by atoms with E-state index >= 15 is 0 Å². The van der Waals surface area contributed by atoms with Crippen LogP contribution in [0.1, 0.15) is 0 Å². The molecule has 1 nitrogen and oxygen atoms in total. The standard InChI is InChI=1S/C12H6BrF2O/c13-10-2-1-3-11(12(10)15)16-9-6-4-8(14)5-7-9/h1,3-7H. The first-order valence-electron chi connectivity index (χ1n) is 4.46. The first-order valence-corrected chi connectivity index (χ1v) is 5.25. The quantitative estimate of drug-likeness (QED) is 0.798. The number of benzene rings is 2. The zero-order valence-corrected chi connectivity index (χ0v) is 9.59. The summed E-state index contributed by atoms with van der Waals surface area (Å²) in [5, 5.41) is 0. The average Bonchev–Trinajstić information content (AvgIpc) is 2.28. The Morgan fingerprint density at radius 3 is 2.44 bits per heavy atom. The zero-order valence-electron chi connectivity index (χ0n) is 8.01. The summed E-state index contributed by atoms with van der Waals surface area (Å²) in [7, 11) is 0. The van der Waals surface area contributed by atoms with Gasteiger partial charge >= 0.3 is 0 Å². The molecular formula is C12H6BrF2O. The third-order valence-electron chi connectivity index (χ3n) is 1.90. The average molecular weight is 284 g/mol. The zero-order chi connectivity index (χ0) is 11.5. The fraction of sp³-hybridized carbons (Fsp3) is 0. The third-order valence-corrected chi connectivity index (χ3v) is 2.47. The summed E-state index contributed by atoms with van der Waals surface area (Å²) in [6.45, 7) is 0. The lowest BCUT2D eigenvalue weighted by atomic mass is 10.3. The molecule has 0 aliphatic heterocycles. The van der Waals surface area contributed by atoms with Crippen molar-refractivity contribution in [2.45, 2.75) is 0 Å². The molecule has 0 spiro atoms. The molecule has 0 amide bonds. The summed E-state index contributed by atoms with van der Waals surface area (Å²) in [5.74, 6) is -0.460. The molecule has 0 fully saturated rings. The lowest BCUT2D eigenvalue weighted by molar-refractivity contribution is 0.439. The molecule has 0 heterocycles. The SMILES string of the molecule is Fc1ccc(Oc2cc[c]c(Br)c2F)cc1. The van der Waals surface area contributed by atoms with Crippen LogP contribution in [0.3, 0.4) is 0 Å². The minimum absolute atomic E-state index is 0.0669. The second-order valence-electron chi connectivity index (χ2n) is 3.03. The van der Waals surface area contributed by atoms with Gasteiger partial charge in [-0.2, -0.15) is 0 Å². The van der Waals surface area contributed by atoms with Gasteiger partial charge < -0.3 is 4.74 Å². The summed E-state index contributed by atoms with van der Waals surface area (Å²) in [6, 6.07) is 11.0. The maximum atomic E-state index is 13.5. The van der Waals surface area contributed by atoms with Gasteiger partial charge in [-0.3, -0.25) is 0 Å². The number of hydrogen-bond donors (Lipinski definition) is 0. The summed E-state index contributed by atoms with van der Waals surface area (Å²) in [4.78, 5) is 0. The van der Waals surface area contributed by atoms with E-state index in [1.807, 2.05) is 0 Å². The Hall–Kier alpha value is -1.42. The molecule has 0 unspecified atom stereocenters. The Kier molecular flexibility index (Phi) is 3.19. The molecule has 2 rings (SSSR count). The molecule has 0 N–H and O–H groups in total. The van der Waals surface area contributed by atoms with Crippen LogP contribution in [-0.4, -0.2) is 0 Å². The van der Waals surface area contributed by atoms with E-state index in [0.29, 0.717) is 5.75 Å². The molecule has 81 valence electrons. The van der Waals surface area contributed by atoms with Gasteiger partial charge in [0.05, 0.1) is 4.47 Å². The van der Waals surface area contributed by atoms with E-state index in [9.17, 15) is 8.78 Å². The van der Waals surface area contributed by atoms with Gasteiger partial charge in [0.2, 0.25) is 0 Å². The van der Waals surface area contributed by atoms with Crippen LogP contribution in [-0.2, 0) is 0 Å². The van der Waals surface area contributed by atoms with Gasteiger partial charge in [-0.05, 0) is 52.3 Å². The molecule has 2 aromatic carbocycles. The molecule has 0 saturated heterocycles. The summed E-state index contributed by atoms with van der Waals surface area (Å²) in [5.41, 5.74) is 0. The Labute approximate surface area is 99.8 Å². The second-order valence-corrected chi connectivity index (χ2v) is 3.82. The van der Waals surface area contributed by atoms with Gasteiger partial charge in [0.1, 0.15) is 11.6 Å². The van der Waals surface area contributed by atoms with Crippen LogP contribution >= 0.6 is 15.9 Å². The number of hydrogen-bond acceptors (Lipinski definition) is 1. The van der Waals surface area contributed by atoms with Gasteiger partial charge in [0.15, 0.2) is 11.6 Å². The first kappa shape index (κ1) is 11.1. The van der Waals surface area contributed by atoms with Gasteiger partial charge in [0, 0.05) is 6.07 Å². The number of rotatable bonds is 2. The van der Waals surface area contributed by atoms with Crippen molar-refractivity contribution in [3.05, 3.63) is 58.6 Å². The summed E-state index contributed by atoms with van der Waals surface area (Å²) >= 11 is 3.00. The Bertz CT molecular complexity index is 497. The smallest absolute Gasteiger partial charge is 0.180 e. The molecule has 16 heavy (non-hydrogen) atoms. The molecule has 0 aromatic heterocycles. The lowest BCUT2D eigenvalue weighted by Gasteiger charge is -2.06. The van der Waals surface area contributed by atoms with Gasteiger partial charge in [-0.15, -0.1) is 0 Å². The van der Waals surface area contributed by atoms with E-state index in [-0.39, 0.29) is 16.0 Å².